The molecule has 1 atom stereocenters. The summed E-state index contributed by atoms with van der Waals surface area (Å²) in [4.78, 5) is 0. The Morgan fingerprint density at radius 2 is 0.507 bits per heavy atom. The zero-order chi connectivity index (χ0) is 57.7. The van der Waals surface area contributed by atoms with Crippen LogP contribution in [0.3, 0.4) is 0 Å². The molecule has 0 saturated carbocycles. The van der Waals surface area contributed by atoms with E-state index in [4.69, 9.17) is 0 Å². The van der Waals surface area contributed by atoms with Crippen molar-refractivity contribution in [1.82, 2.24) is 0 Å². The molecule has 0 bridgehead atoms. The van der Waals surface area contributed by atoms with Crippen LogP contribution in [0.5, 0.6) is 0 Å². The molecule has 0 aromatic carbocycles. The van der Waals surface area contributed by atoms with Gasteiger partial charge in [-0.2, -0.15) is 113 Å². The Morgan fingerprint density at radius 1 is 0.288 bits per heavy atom. The fraction of sp³-hybridized carbons (Fsp3) is 1.00. The molecule has 0 fully saturated rings. The molecule has 0 rings (SSSR count). The van der Waals surface area contributed by atoms with Gasteiger partial charge in [0, 0.05) is 0 Å². The Labute approximate surface area is 418 Å². The third-order valence-corrected chi connectivity index (χ3v) is 12.7. The lowest BCUT2D eigenvalue weighted by Crippen LogP contribution is -2.85. The normalized spacial score (nSPS) is 15.4. The first-order valence-electron chi connectivity index (χ1n) is 19.1. The SMILES string of the molecule is CCCCCCCCCCCCCCCCCCC(OS(=O)(=O)O)C(OS(=O)(=O)O)(OS(=O)(=O)O)C(OS(=O)(=O)O)(OS(=O)(=O)O)C(OS(=O)(=O)O)(OS(=O)(=O)O)C(OS(=O)(=O)O)(OS(=O)(=O)O)OS(=O)(=O)O. The average molecular weight is 1290 g/mol. The van der Waals surface area contributed by atoms with Crippen LogP contribution in [0.2, 0.25) is 0 Å². The second kappa shape index (κ2) is 27.0. The highest BCUT2D eigenvalue weighted by Crippen LogP contribution is 2.57. The molecule has 440 valence electrons. The van der Waals surface area contributed by atoms with Crippen LogP contribution in [0, 0.1) is 0 Å². The maximum atomic E-state index is 12.8. The fourth-order valence-electron chi connectivity index (χ4n) is 6.19. The summed E-state index contributed by atoms with van der Waals surface area (Å²) >= 11 is 0. The van der Waals surface area contributed by atoms with Crippen molar-refractivity contribution in [1.29, 1.82) is 0 Å². The molecule has 50 heteroatoms. The molecule has 0 aliphatic rings. The van der Waals surface area contributed by atoms with Gasteiger partial charge < -0.3 is 0 Å². The standard InChI is InChI=1S/C23H48O40S10/c1-2-3-4-5-6-7-8-9-10-11-12-13-14-15-16-17-18-19(54-64(24,25)26)20(55-65(27,28)29,56-66(30,31)32)21(57-67(33,34)35,58-68(36,37)38)22(59-69(39,40)41,60-70(42,43)44)23(61-71(45,46)47,62-72(48,49)50)63-73(51,52)53/h19H,2-18H2,1H3,(H,24,25,26)(H,27,28,29)(H,30,31,32)(H,33,34,35)(H,36,37,38)(H,39,40,41)(H,42,43,44)(H,45,46,47)(H,48,49,50)(H,51,52,53). The minimum Gasteiger partial charge on any atom is -0.264 e. The van der Waals surface area contributed by atoms with Crippen LogP contribution in [-0.2, 0) is 146 Å². The maximum absolute atomic E-state index is 12.8. The predicted molar refractivity (Wildman–Crippen MR) is 225 cm³/mol. The summed E-state index contributed by atoms with van der Waals surface area (Å²) in [5, 5.41) is 0. The molecule has 0 heterocycles. The van der Waals surface area contributed by atoms with E-state index >= 15 is 0 Å². The first kappa shape index (κ1) is 71.7. The van der Waals surface area contributed by atoms with Crippen LogP contribution in [0.1, 0.15) is 116 Å². The van der Waals surface area contributed by atoms with Crippen LogP contribution in [0.25, 0.3) is 0 Å². The van der Waals surface area contributed by atoms with Gasteiger partial charge in [-0.25, -0.2) is 12.5 Å². The minimum absolute atomic E-state index is 0.0834. The molecule has 40 nitrogen and oxygen atoms in total. The smallest absolute Gasteiger partial charge is 0.264 e. The minimum atomic E-state index is -8.08. The highest BCUT2D eigenvalue weighted by Gasteiger charge is 2.91. The summed E-state index contributed by atoms with van der Waals surface area (Å²) in [5.41, 5.74) is 0. The summed E-state index contributed by atoms with van der Waals surface area (Å²) in [6.07, 6.45) is 1.11. The van der Waals surface area contributed by atoms with Crippen molar-refractivity contribution in [2.75, 3.05) is 0 Å². The molecule has 10 N–H and O–H groups in total. The number of unbranched alkanes of at least 4 members (excludes halogenated alkanes) is 15. The van der Waals surface area contributed by atoms with E-state index in [1.54, 1.807) is 0 Å². The van der Waals surface area contributed by atoms with Gasteiger partial charge in [-0.1, -0.05) is 110 Å². The van der Waals surface area contributed by atoms with Gasteiger partial charge in [-0.05, 0) is 6.42 Å². The van der Waals surface area contributed by atoms with Gasteiger partial charge in [-0.15, -0.1) is 0 Å². The molecule has 0 aliphatic carbocycles. The molecule has 0 amide bonds. The van der Waals surface area contributed by atoms with E-state index in [1.807, 2.05) is 0 Å². The third kappa shape index (κ3) is 28.2. The van der Waals surface area contributed by atoms with Gasteiger partial charge >= 0.3 is 122 Å². The highest BCUT2D eigenvalue weighted by atomic mass is 32.3. The number of hydrogen-bond acceptors (Lipinski definition) is 30. The second-order valence-electron chi connectivity index (χ2n) is 14.2. The zero-order valence-electron chi connectivity index (χ0n) is 36.4. The van der Waals surface area contributed by atoms with E-state index < -0.39 is 153 Å². The topological polar surface area (TPSA) is 636 Å². The first-order chi connectivity index (χ1) is 32.3. The molecule has 1 unspecified atom stereocenters. The van der Waals surface area contributed by atoms with Crippen LogP contribution in [0.4, 0.5) is 0 Å². The summed E-state index contributed by atoms with van der Waals surface area (Å²) < 4.78 is 383. The van der Waals surface area contributed by atoms with Crippen molar-refractivity contribution in [3.05, 3.63) is 0 Å². The van der Waals surface area contributed by atoms with Gasteiger partial charge in [0.25, 0.3) is 5.79 Å². The zero-order valence-corrected chi connectivity index (χ0v) is 44.6. The summed E-state index contributed by atoms with van der Waals surface area (Å²) in [7, 11) is -78.2. The van der Waals surface area contributed by atoms with E-state index in [0.29, 0.717) is 19.3 Å². The maximum Gasteiger partial charge on any atom is 0.402 e. The molecular weight excluding hydrogens is 1240 g/mol. The predicted octanol–water partition coefficient (Wildman–Crippen LogP) is -1.06. The summed E-state index contributed by atoms with van der Waals surface area (Å²) in [6.45, 7) is 2.06. The van der Waals surface area contributed by atoms with Crippen molar-refractivity contribution in [3.63, 3.8) is 0 Å². The van der Waals surface area contributed by atoms with Gasteiger partial charge in [-0.3, -0.25) is 45.5 Å². The summed E-state index contributed by atoms with van der Waals surface area (Å²) in [5.74, 6) is -30.0. The Kier molecular flexibility index (Phi) is 26.6. The molecule has 0 aromatic rings. The molecular formula is C23H48O40S10. The highest BCUT2D eigenvalue weighted by molar-refractivity contribution is 7.84. The van der Waals surface area contributed by atoms with Crippen LogP contribution < -0.4 is 0 Å². The van der Waals surface area contributed by atoms with Gasteiger partial charge in [0.15, 0.2) is 0 Å². The van der Waals surface area contributed by atoms with Crippen molar-refractivity contribution in [2.45, 2.75) is 146 Å². The summed E-state index contributed by atoms with van der Waals surface area (Å²) in [6, 6.07) is 0. The Hall–Kier alpha value is -1.30. The number of hydrogen-bond donors (Lipinski definition) is 10. The largest absolute Gasteiger partial charge is 0.402 e. The van der Waals surface area contributed by atoms with E-state index in [0.717, 1.165) is 57.8 Å². The third-order valence-electron chi connectivity index (χ3n) is 8.27. The Bertz CT molecular complexity index is 2780. The van der Waals surface area contributed by atoms with E-state index in [1.165, 1.54) is 0 Å². The lowest BCUT2D eigenvalue weighted by Gasteiger charge is -2.54. The molecule has 0 aromatic heterocycles. The van der Waals surface area contributed by atoms with Crippen molar-refractivity contribution in [3.8, 4) is 0 Å². The van der Waals surface area contributed by atoms with Crippen LogP contribution in [-0.4, -0.2) is 159 Å². The van der Waals surface area contributed by atoms with E-state index in [9.17, 15) is 130 Å². The van der Waals surface area contributed by atoms with Gasteiger partial charge in [0.1, 0.15) is 6.10 Å². The van der Waals surface area contributed by atoms with E-state index in [2.05, 4.69) is 48.8 Å². The van der Waals surface area contributed by atoms with Crippen LogP contribution >= 0.6 is 0 Å². The lowest BCUT2D eigenvalue weighted by atomic mass is 9.88. The van der Waals surface area contributed by atoms with Crippen LogP contribution in [0.15, 0.2) is 0 Å². The number of rotatable bonds is 41. The van der Waals surface area contributed by atoms with Gasteiger partial charge in [0.05, 0.1) is 0 Å². The molecule has 0 aliphatic heterocycles. The fourth-order valence-corrected chi connectivity index (χ4v) is 11.7. The first-order valence-corrected chi connectivity index (χ1v) is 32.7. The second-order valence-corrected chi connectivity index (χ2v) is 24.4. The van der Waals surface area contributed by atoms with Crippen molar-refractivity contribution in [2.24, 2.45) is 0 Å². The molecule has 0 radical (unpaired) electrons. The monoisotopic (exact) mass is 1280 g/mol. The quantitative estimate of drug-likeness (QED) is 0.0198. The molecule has 0 spiro atoms. The Balaban J connectivity index is 9.41. The van der Waals surface area contributed by atoms with Gasteiger partial charge in [0.2, 0.25) is 0 Å². The lowest BCUT2D eigenvalue weighted by molar-refractivity contribution is -0.494. The van der Waals surface area contributed by atoms with Crippen molar-refractivity contribution >= 4 is 104 Å². The van der Waals surface area contributed by atoms with E-state index in [-0.39, 0.29) is 12.8 Å². The molecule has 73 heavy (non-hydrogen) atoms. The average Bonchev–Trinajstić information content (AvgIpc) is 3.06. The molecule has 0 saturated heterocycles. The van der Waals surface area contributed by atoms with Crippen molar-refractivity contribution < 1.29 is 172 Å². The Morgan fingerprint density at radius 3 is 0.726 bits per heavy atom.